The number of carbonyl (C=O) groups excluding carboxylic acids is 1. The number of thiophene rings is 1. The molecule has 0 aliphatic carbocycles. The Labute approximate surface area is 123 Å². The van der Waals surface area contributed by atoms with Crippen molar-refractivity contribution in [2.75, 3.05) is 38.6 Å². The number of carbonyl (C=O) groups is 1. The maximum absolute atomic E-state index is 12.0. The summed E-state index contributed by atoms with van der Waals surface area (Å²) in [6, 6.07) is 4.42. The molecule has 3 rings (SSSR count). The van der Waals surface area contributed by atoms with Gasteiger partial charge in [-0.2, -0.15) is 0 Å². The summed E-state index contributed by atoms with van der Waals surface area (Å²) in [5, 5.41) is 5.81. The van der Waals surface area contributed by atoms with Crippen molar-refractivity contribution in [3.05, 3.63) is 17.5 Å². The van der Waals surface area contributed by atoms with Gasteiger partial charge in [0.15, 0.2) is 0 Å². The monoisotopic (exact) mass is 295 g/mol. The molecule has 1 aromatic heterocycles. The van der Waals surface area contributed by atoms with Crippen LogP contribution in [-0.4, -0.2) is 61.3 Å². The third kappa shape index (κ3) is 2.97. The van der Waals surface area contributed by atoms with Gasteiger partial charge in [-0.05, 0) is 30.4 Å². The summed E-state index contributed by atoms with van der Waals surface area (Å²) in [7, 11) is 1.79. The Balaban J connectivity index is 1.41. The molecule has 2 aliphatic heterocycles. The van der Waals surface area contributed by atoms with E-state index in [1.807, 2.05) is 22.4 Å². The molecular weight excluding hydrogens is 274 g/mol. The number of nitrogens with one attached hydrogen (secondary N) is 1. The predicted molar refractivity (Wildman–Crippen MR) is 80.3 cm³/mol. The lowest BCUT2D eigenvalue weighted by molar-refractivity contribution is -0.00368. The molecule has 0 saturated carbocycles. The third-order valence-electron chi connectivity index (χ3n) is 4.23. The van der Waals surface area contributed by atoms with Crippen LogP contribution in [0.5, 0.6) is 0 Å². The molecular formula is C14H21N3O2S. The number of hydrogen-bond acceptors (Lipinski definition) is 4. The van der Waals surface area contributed by atoms with Gasteiger partial charge in [-0.15, -0.1) is 11.3 Å². The largest absolute Gasteiger partial charge is 0.381 e. The SMILES string of the molecule is COC1CCN(C2CN(C(=O)Nc3cccs3)C2)CC1. The van der Waals surface area contributed by atoms with Crippen LogP contribution in [0, 0.1) is 0 Å². The molecule has 5 nitrogen and oxygen atoms in total. The van der Waals surface area contributed by atoms with Crippen molar-refractivity contribution in [1.82, 2.24) is 9.80 Å². The summed E-state index contributed by atoms with van der Waals surface area (Å²) in [4.78, 5) is 16.4. The predicted octanol–water partition coefficient (Wildman–Crippen LogP) is 2.08. The van der Waals surface area contributed by atoms with Crippen molar-refractivity contribution in [3.63, 3.8) is 0 Å². The van der Waals surface area contributed by atoms with Gasteiger partial charge in [0.25, 0.3) is 0 Å². The normalized spacial score (nSPS) is 21.8. The quantitative estimate of drug-likeness (QED) is 0.928. The first-order valence-electron chi connectivity index (χ1n) is 7.12. The number of urea groups is 1. The van der Waals surface area contributed by atoms with E-state index in [0.29, 0.717) is 12.1 Å². The molecule has 6 heteroatoms. The fraction of sp³-hybridized carbons (Fsp3) is 0.643. The number of ether oxygens (including phenoxy) is 1. The van der Waals surface area contributed by atoms with Gasteiger partial charge >= 0.3 is 6.03 Å². The number of amides is 2. The molecule has 3 heterocycles. The molecule has 20 heavy (non-hydrogen) atoms. The number of piperidine rings is 1. The van der Waals surface area contributed by atoms with E-state index in [-0.39, 0.29) is 6.03 Å². The van der Waals surface area contributed by atoms with Crippen LogP contribution in [0.2, 0.25) is 0 Å². The second kappa shape index (κ2) is 6.11. The number of anilines is 1. The molecule has 1 aromatic rings. The van der Waals surface area contributed by atoms with Crippen molar-refractivity contribution in [3.8, 4) is 0 Å². The number of nitrogens with zero attached hydrogens (tertiary/aromatic N) is 2. The minimum absolute atomic E-state index is 0.0236. The van der Waals surface area contributed by atoms with Crippen molar-refractivity contribution in [1.29, 1.82) is 0 Å². The summed E-state index contributed by atoms with van der Waals surface area (Å²) in [5.41, 5.74) is 0. The van der Waals surface area contributed by atoms with Crippen LogP contribution < -0.4 is 5.32 Å². The van der Waals surface area contributed by atoms with Crippen LogP contribution in [0.3, 0.4) is 0 Å². The molecule has 0 spiro atoms. The van der Waals surface area contributed by atoms with Crippen LogP contribution in [0.25, 0.3) is 0 Å². The van der Waals surface area contributed by atoms with E-state index in [1.165, 1.54) is 0 Å². The van der Waals surface area contributed by atoms with Gasteiger partial charge < -0.3 is 9.64 Å². The van der Waals surface area contributed by atoms with Gasteiger partial charge in [-0.1, -0.05) is 0 Å². The highest BCUT2D eigenvalue weighted by atomic mass is 32.1. The van der Waals surface area contributed by atoms with E-state index in [9.17, 15) is 4.79 Å². The highest BCUT2D eigenvalue weighted by Gasteiger charge is 2.36. The average Bonchev–Trinajstić information content (AvgIpc) is 2.90. The molecule has 0 unspecified atom stereocenters. The van der Waals surface area contributed by atoms with E-state index in [1.54, 1.807) is 18.4 Å². The minimum atomic E-state index is 0.0236. The number of likely N-dealkylation sites (tertiary alicyclic amines) is 2. The number of rotatable bonds is 3. The van der Waals surface area contributed by atoms with Crippen LogP contribution in [0.15, 0.2) is 17.5 Å². The molecule has 0 atom stereocenters. The number of methoxy groups -OCH3 is 1. The standard InChI is InChI=1S/C14H21N3O2S/c1-19-12-4-6-16(7-5-12)11-9-17(10-11)14(18)15-13-3-2-8-20-13/h2-3,8,11-12H,4-7,9-10H2,1H3,(H,15,18). The summed E-state index contributed by atoms with van der Waals surface area (Å²) in [5.74, 6) is 0. The van der Waals surface area contributed by atoms with Gasteiger partial charge in [-0.25, -0.2) is 4.79 Å². The number of hydrogen-bond donors (Lipinski definition) is 1. The molecule has 0 bridgehead atoms. The zero-order chi connectivity index (χ0) is 13.9. The Kier molecular flexibility index (Phi) is 4.24. The molecule has 110 valence electrons. The molecule has 0 aromatic carbocycles. The van der Waals surface area contributed by atoms with Crippen molar-refractivity contribution in [2.24, 2.45) is 0 Å². The summed E-state index contributed by atoms with van der Waals surface area (Å²) in [6.07, 6.45) is 2.63. The van der Waals surface area contributed by atoms with E-state index >= 15 is 0 Å². The third-order valence-corrected chi connectivity index (χ3v) is 5.01. The molecule has 2 fully saturated rings. The zero-order valence-electron chi connectivity index (χ0n) is 11.7. The van der Waals surface area contributed by atoms with Gasteiger partial charge in [0, 0.05) is 39.3 Å². The Morgan fingerprint density at radius 1 is 1.40 bits per heavy atom. The van der Waals surface area contributed by atoms with Crippen molar-refractivity contribution < 1.29 is 9.53 Å². The second-order valence-electron chi connectivity index (χ2n) is 5.44. The molecule has 0 radical (unpaired) electrons. The minimum Gasteiger partial charge on any atom is -0.381 e. The maximum Gasteiger partial charge on any atom is 0.322 e. The van der Waals surface area contributed by atoms with E-state index in [4.69, 9.17) is 4.74 Å². The van der Waals surface area contributed by atoms with Crippen molar-refractivity contribution >= 4 is 22.4 Å². The van der Waals surface area contributed by atoms with Crippen LogP contribution in [0.4, 0.5) is 9.80 Å². The zero-order valence-corrected chi connectivity index (χ0v) is 12.6. The van der Waals surface area contributed by atoms with Crippen LogP contribution in [0.1, 0.15) is 12.8 Å². The molecule has 2 aliphatic rings. The van der Waals surface area contributed by atoms with Gasteiger partial charge in [0.1, 0.15) is 0 Å². The summed E-state index contributed by atoms with van der Waals surface area (Å²) >= 11 is 1.55. The first-order chi connectivity index (χ1) is 9.76. The fourth-order valence-electron chi connectivity index (χ4n) is 2.86. The lowest BCUT2D eigenvalue weighted by Gasteiger charge is -2.47. The highest BCUT2D eigenvalue weighted by Crippen LogP contribution is 2.23. The summed E-state index contributed by atoms with van der Waals surface area (Å²) < 4.78 is 5.39. The van der Waals surface area contributed by atoms with E-state index < -0.39 is 0 Å². The maximum atomic E-state index is 12.0. The Bertz CT molecular complexity index is 437. The molecule has 2 amide bonds. The van der Waals surface area contributed by atoms with Gasteiger partial charge in [-0.3, -0.25) is 10.2 Å². The molecule has 1 N–H and O–H groups in total. The van der Waals surface area contributed by atoms with Gasteiger partial charge in [0.2, 0.25) is 0 Å². The lowest BCUT2D eigenvalue weighted by Crippen LogP contribution is -2.63. The van der Waals surface area contributed by atoms with Crippen LogP contribution in [-0.2, 0) is 4.74 Å². The Morgan fingerprint density at radius 3 is 2.75 bits per heavy atom. The summed E-state index contributed by atoms with van der Waals surface area (Å²) in [6.45, 7) is 3.86. The first kappa shape index (κ1) is 13.9. The highest BCUT2D eigenvalue weighted by molar-refractivity contribution is 7.14. The molecule has 2 saturated heterocycles. The van der Waals surface area contributed by atoms with Crippen LogP contribution >= 0.6 is 11.3 Å². The lowest BCUT2D eigenvalue weighted by atomic mass is 10.0. The topological polar surface area (TPSA) is 44.8 Å². The van der Waals surface area contributed by atoms with E-state index in [2.05, 4.69) is 10.2 Å². The fourth-order valence-corrected chi connectivity index (χ4v) is 3.47. The average molecular weight is 295 g/mol. The Hall–Kier alpha value is -1.11. The first-order valence-corrected chi connectivity index (χ1v) is 8.00. The van der Waals surface area contributed by atoms with E-state index in [0.717, 1.165) is 44.0 Å². The van der Waals surface area contributed by atoms with Gasteiger partial charge in [0.05, 0.1) is 11.1 Å². The smallest absolute Gasteiger partial charge is 0.322 e. The second-order valence-corrected chi connectivity index (χ2v) is 6.38. The van der Waals surface area contributed by atoms with Crippen molar-refractivity contribution in [2.45, 2.75) is 25.0 Å². The Morgan fingerprint density at radius 2 is 2.15 bits per heavy atom.